The van der Waals surface area contributed by atoms with Crippen molar-refractivity contribution in [3.05, 3.63) is 85.1 Å². The van der Waals surface area contributed by atoms with Crippen LogP contribution in [0.15, 0.2) is 84.1 Å². The van der Waals surface area contributed by atoms with Gasteiger partial charge in [0.1, 0.15) is 29.6 Å². The summed E-state index contributed by atoms with van der Waals surface area (Å²) < 4.78 is 42.3. The molecule has 4 N–H and O–H groups in total. The highest BCUT2D eigenvalue weighted by Crippen LogP contribution is 2.25. The molecule has 0 saturated carbocycles. The molecule has 3 heterocycles. The monoisotopic (exact) mass is 504 g/mol. The normalized spacial score (nSPS) is 11.1. The van der Waals surface area contributed by atoms with Crippen LogP contribution in [0.4, 0.5) is 33.2 Å². The van der Waals surface area contributed by atoms with Gasteiger partial charge in [-0.25, -0.2) is 27.8 Å². The number of benzene rings is 2. The van der Waals surface area contributed by atoms with Crippen LogP contribution in [0.25, 0.3) is 11.4 Å². The van der Waals surface area contributed by atoms with Gasteiger partial charge in [0.15, 0.2) is 0 Å². The second kappa shape index (κ2) is 9.71. The number of rotatable bonds is 8. The van der Waals surface area contributed by atoms with E-state index in [4.69, 9.17) is 0 Å². The molecule has 3 aromatic heterocycles. The van der Waals surface area contributed by atoms with E-state index in [0.717, 1.165) is 18.2 Å². The highest BCUT2D eigenvalue weighted by atomic mass is 32.2. The number of nitrogens with one attached hydrogen (secondary N) is 4. The first-order valence-corrected chi connectivity index (χ1v) is 11.9. The Morgan fingerprint density at radius 2 is 1.58 bits per heavy atom. The summed E-state index contributed by atoms with van der Waals surface area (Å²) in [5, 5.41) is 19.2. The molecule has 0 aliphatic heterocycles. The van der Waals surface area contributed by atoms with Crippen molar-refractivity contribution in [1.29, 1.82) is 0 Å². The van der Waals surface area contributed by atoms with E-state index < -0.39 is 15.8 Å². The first-order chi connectivity index (χ1) is 17.5. The highest BCUT2D eigenvalue weighted by Gasteiger charge is 2.19. The Morgan fingerprint density at radius 3 is 2.31 bits per heavy atom. The molecule has 5 aromatic rings. The maximum atomic E-state index is 14.1. The molecule has 0 bridgehead atoms. The molecule has 0 saturated heterocycles. The smallest absolute Gasteiger partial charge is 0.261 e. The Bertz CT molecular complexity index is 1580. The van der Waals surface area contributed by atoms with E-state index in [1.807, 2.05) is 18.2 Å². The largest absolute Gasteiger partial charge is 0.340 e. The maximum absolute atomic E-state index is 14.1. The number of aromatic nitrogens is 7. The van der Waals surface area contributed by atoms with Crippen LogP contribution in [-0.4, -0.2) is 44.0 Å². The third kappa shape index (κ3) is 5.23. The fraction of sp³-hybridized carbons (Fsp3) is 0. The van der Waals surface area contributed by atoms with Crippen LogP contribution in [0.5, 0.6) is 0 Å². The van der Waals surface area contributed by atoms with Gasteiger partial charge in [-0.3, -0.25) is 4.72 Å². The van der Waals surface area contributed by atoms with E-state index in [0.29, 0.717) is 28.8 Å². The van der Waals surface area contributed by atoms with E-state index in [1.54, 1.807) is 36.5 Å². The van der Waals surface area contributed by atoms with Crippen LogP contribution in [0.3, 0.4) is 0 Å². The number of nitrogens with zero attached hydrogens (tertiary/aromatic N) is 6. The summed E-state index contributed by atoms with van der Waals surface area (Å²) in [6, 6.07) is 17.1. The Balaban J connectivity index is 1.28. The molecule has 0 atom stereocenters. The minimum absolute atomic E-state index is 0.0527. The van der Waals surface area contributed by atoms with Gasteiger partial charge < -0.3 is 10.6 Å². The lowest BCUT2D eigenvalue weighted by Crippen LogP contribution is -2.13. The van der Waals surface area contributed by atoms with Crippen molar-refractivity contribution in [3.63, 3.8) is 0 Å². The maximum Gasteiger partial charge on any atom is 0.261 e. The molecule has 5 rings (SSSR count). The third-order valence-corrected chi connectivity index (χ3v) is 6.21. The fourth-order valence-corrected chi connectivity index (χ4v) is 4.25. The van der Waals surface area contributed by atoms with Crippen molar-refractivity contribution in [3.8, 4) is 11.4 Å². The summed E-state index contributed by atoms with van der Waals surface area (Å²) in [5.41, 5.74) is 0.890. The molecule has 0 aliphatic carbocycles. The van der Waals surface area contributed by atoms with E-state index in [-0.39, 0.29) is 16.3 Å². The number of aromatic amines is 1. The summed E-state index contributed by atoms with van der Waals surface area (Å²) in [7, 11) is -4.01. The van der Waals surface area contributed by atoms with Gasteiger partial charge in [-0.05, 0) is 59.8 Å². The molecule has 0 fully saturated rings. The Hall–Kier alpha value is -4.98. The number of H-pyrrole nitrogens is 1. The van der Waals surface area contributed by atoms with Gasteiger partial charge in [-0.2, -0.15) is 5.21 Å². The van der Waals surface area contributed by atoms with Crippen LogP contribution in [-0.2, 0) is 10.0 Å². The van der Waals surface area contributed by atoms with Crippen molar-refractivity contribution >= 4 is 38.9 Å². The predicted octanol–water partition coefficient (Wildman–Crippen LogP) is 3.48. The van der Waals surface area contributed by atoms with E-state index in [2.05, 4.69) is 50.9 Å². The quantitative estimate of drug-likeness (QED) is 0.246. The minimum Gasteiger partial charge on any atom is -0.340 e. The van der Waals surface area contributed by atoms with E-state index in [9.17, 15) is 12.8 Å². The van der Waals surface area contributed by atoms with Gasteiger partial charge in [0.2, 0.25) is 5.82 Å². The SMILES string of the molecule is O=S(=O)(Nc1ccc(Nc2cc(Nc3ccccn3)ncn2)cc1)c1ccc(F)c(-c2nn[nH]n2)c1. The van der Waals surface area contributed by atoms with Crippen LogP contribution < -0.4 is 15.4 Å². The van der Waals surface area contributed by atoms with Crippen molar-refractivity contribution in [2.45, 2.75) is 4.90 Å². The second-order valence-corrected chi connectivity index (χ2v) is 9.00. The average Bonchev–Trinajstić information content (AvgIpc) is 3.41. The Kier molecular flexibility index (Phi) is 6.15. The van der Waals surface area contributed by atoms with Gasteiger partial charge in [0, 0.05) is 23.6 Å². The molecule has 0 spiro atoms. The number of sulfonamides is 1. The molecule has 36 heavy (non-hydrogen) atoms. The Labute approximate surface area is 204 Å². The molecule has 0 aliphatic rings. The molecule has 0 radical (unpaired) electrons. The standard InChI is InChI=1S/C22H17FN10O2S/c23-18-9-8-16(11-17(18)22-29-32-33-30-22)36(34,35)31-15-6-4-14(5-7-15)27-20-12-21(26-13-25-20)28-19-3-1-2-10-24-19/h1-13,31H,(H,29,30,32,33)(H2,24,25,26,27,28). The number of hydrogen-bond donors (Lipinski definition) is 4. The lowest BCUT2D eigenvalue weighted by atomic mass is 10.2. The second-order valence-electron chi connectivity index (χ2n) is 7.31. The average molecular weight is 505 g/mol. The number of anilines is 5. The minimum atomic E-state index is -4.01. The fourth-order valence-electron chi connectivity index (χ4n) is 3.16. The molecular weight excluding hydrogens is 487 g/mol. The zero-order valence-corrected chi connectivity index (χ0v) is 19.1. The van der Waals surface area contributed by atoms with Crippen LogP contribution in [0.2, 0.25) is 0 Å². The lowest BCUT2D eigenvalue weighted by molar-refractivity contribution is 0.600. The highest BCUT2D eigenvalue weighted by molar-refractivity contribution is 7.92. The zero-order chi connectivity index (χ0) is 25.0. The topological polar surface area (TPSA) is 163 Å². The number of hydrogen-bond acceptors (Lipinski definition) is 10. The molecule has 0 amide bonds. The summed E-state index contributed by atoms with van der Waals surface area (Å²) in [6.07, 6.45) is 3.07. The molecule has 0 unspecified atom stereocenters. The summed E-state index contributed by atoms with van der Waals surface area (Å²) in [6.45, 7) is 0. The number of pyridine rings is 1. The van der Waals surface area contributed by atoms with Gasteiger partial charge in [0.25, 0.3) is 10.0 Å². The third-order valence-electron chi connectivity index (χ3n) is 4.83. The van der Waals surface area contributed by atoms with Crippen molar-refractivity contribution < 1.29 is 12.8 Å². The summed E-state index contributed by atoms with van der Waals surface area (Å²) in [5.74, 6) is 0.994. The first-order valence-electron chi connectivity index (χ1n) is 10.4. The molecule has 2 aromatic carbocycles. The van der Waals surface area contributed by atoms with Crippen molar-refractivity contribution in [2.24, 2.45) is 0 Å². The molecular formula is C22H17FN10O2S. The van der Waals surface area contributed by atoms with Gasteiger partial charge in [-0.15, -0.1) is 10.2 Å². The van der Waals surface area contributed by atoms with Gasteiger partial charge in [-0.1, -0.05) is 6.07 Å². The summed E-state index contributed by atoms with van der Waals surface area (Å²) >= 11 is 0. The lowest BCUT2D eigenvalue weighted by Gasteiger charge is -2.11. The van der Waals surface area contributed by atoms with Gasteiger partial charge in [0.05, 0.1) is 10.5 Å². The van der Waals surface area contributed by atoms with Crippen LogP contribution >= 0.6 is 0 Å². The van der Waals surface area contributed by atoms with E-state index >= 15 is 0 Å². The first kappa shape index (κ1) is 22.8. The molecule has 14 heteroatoms. The van der Waals surface area contributed by atoms with Crippen molar-refractivity contribution in [1.82, 2.24) is 35.6 Å². The summed E-state index contributed by atoms with van der Waals surface area (Å²) in [4.78, 5) is 12.4. The predicted molar refractivity (Wildman–Crippen MR) is 130 cm³/mol. The van der Waals surface area contributed by atoms with Crippen LogP contribution in [0.1, 0.15) is 0 Å². The number of tetrazole rings is 1. The Morgan fingerprint density at radius 1 is 0.806 bits per heavy atom. The van der Waals surface area contributed by atoms with E-state index in [1.165, 1.54) is 6.33 Å². The molecule has 180 valence electrons. The van der Waals surface area contributed by atoms with Crippen LogP contribution in [0, 0.1) is 5.82 Å². The van der Waals surface area contributed by atoms with Crippen molar-refractivity contribution in [2.75, 3.05) is 15.4 Å². The zero-order valence-electron chi connectivity index (χ0n) is 18.3. The molecule has 12 nitrogen and oxygen atoms in total. The van der Waals surface area contributed by atoms with Gasteiger partial charge >= 0.3 is 0 Å². The number of halogens is 1.